The van der Waals surface area contributed by atoms with Crippen molar-refractivity contribution in [2.45, 2.75) is 76.0 Å². The van der Waals surface area contributed by atoms with Crippen molar-refractivity contribution in [1.82, 2.24) is 0 Å². The van der Waals surface area contributed by atoms with Crippen molar-refractivity contribution in [3.8, 4) is 0 Å². The quantitative estimate of drug-likeness (QED) is 0.645. The molecule has 0 bridgehead atoms. The van der Waals surface area contributed by atoms with Crippen LogP contribution in [0.2, 0.25) is 0 Å². The van der Waals surface area contributed by atoms with E-state index in [1.54, 1.807) is 0 Å². The van der Waals surface area contributed by atoms with Crippen molar-refractivity contribution in [2.75, 3.05) is 20.2 Å². The lowest BCUT2D eigenvalue weighted by atomic mass is 9.44. The third-order valence-electron chi connectivity index (χ3n) is 10.1. The molecule has 3 saturated carbocycles. The second-order valence-electron chi connectivity index (χ2n) is 11.0. The van der Waals surface area contributed by atoms with Gasteiger partial charge in [-0.3, -0.25) is 0 Å². The predicted molar refractivity (Wildman–Crippen MR) is 107 cm³/mol. The molecule has 6 rings (SSSR count). The number of hydrogen-bond donors (Lipinski definition) is 1. The van der Waals surface area contributed by atoms with Crippen molar-refractivity contribution in [3.05, 3.63) is 23.8 Å². The molecule has 2 spiro atoms. The highest BCUT2D eigenvalue weighted by Crippen LogP contribution is 2.74. The molecule has 4 aliphatic carbocycles. The van der Waals surface area contributed by atoms with E-state index in [-0.39, 0.29) is 31.3 Å². The Bertz CT molecular complexity index is 815. The average molecular weight is 421 g/mol. The van der Waals surface area contributed by atoms with Crippen LogP contribution in [-0.4, -0.2) is 48.5 Å². The number of allylic oxidation sites excluding steroid dienone is 4. The minimum atomic E-state index is -1.64. The Hall–Kier alpha value is -0.790. The van der Waals surface area contributed by atoms with Crippen LogP contribution in [0.4, 0.5) is 4.39 Å². The summed E-state index contributed by atoms with van der Waals surface area (Å²) < 4.78 is 41.4. The van der Waals surface area contributed by atoms with E-state index in [2.05, 4.69) is 26.0 Å². The first kappa shape index (κ1) is 19.9. The SMILES string of the molecule is C[C@H]1C[C@H]2[C@@H]3CCC4=CC=CC[C@]4(C)[C@@]3(F)[C@@H](O)C[C@]2(C)[C@]12OCOC21COCO1. The summed E-state index contributed by atoms with van der Waals surface area (Å²) in [7, 11) is 0. The molecule has 5 nitrogen and oxygen atoms in total. The molecule has 2 saturated heterocycles. The maximum Gasteiger partial charge on any atom is 0.227 e. The van der Waals surface area contributed by atoms with Gasteiger partial charge < -0.3 is 24.1 Å². The van der Waals surface area contributed by atoms with Gasteiger partial charge in [0.05, 0.1) is 6.10 Å². The standard InChI is InChI=1S/C24H33FO5/c1-15-10-18-17-8-7-16-6-4-5-9-20(16,2)23(17,25)19(26)11-21(18,3)24(15)22(29-14-30-24)12-27-13-28-22/h4-6,15,17-19,26H,7-14H2,1-3H3/t15-,17-,18-,19-,20-,21-,22?,23-,24+/m0/s1. The molecular weight excluding hydrogens is 387 g/mol. The highest BCUT2D eigenvalue weighted by atomic mass is 19.1. The first-order valence-electron chi connectivity index (χ1n) is 11.5. The molecule has 0 aromatic rings. The van der Waals surface area contributed by atoms with Gasteiger partial charge in [0.2, 0.25) is 5.79 Å². The monoisotopic (exact) mass is 420 g/mol. The third kappa shape index (κ3) is 1.90. The average Bonchev–Trinajstić information content (AvgIpc) is 3.39. The van der Waals surface area contributed by atoms with Crippen molar-refractivity contribution in [3.63, 3.8) is 0 Å². The zero-order chi connectivity index (χ0) is 21.0. The van der Waals surface area contributed by atoms with E-state index in [0.29, 0.717) is 19.4 Å². The highest BCUT2D eigenvalue weighted by molar-refractivity contribution is 5.37. The highest BCUT2D eigenvalue weighted by Gasteiger charge is 2.81. The number of fused-ring (bicyclic) bond motifs is 7. The summed E-state index contributed by atoms with van der Waals surface area (Å²) in [5.41, 5.74) is -2.35. The topological polar surface area (TPSA) is 57.2 Å². The third-order valence-corrected chi connectivity index (χ3v) is 10.1. The molecule has 6 aliphatic rings. The maximum absolute atomic E-state index is 17.3. The van der Waals surface area contributed by atoms with Gasteiger partial charge in [-0.15, -0.1) is 0 Å². The molecule has 0 aromatic heterocycles. The Morgan fingerprint density at radius 2 is 1.93 bits per heavy atom. The number of aliphatic hydroxyl groups is 1. The fraction of sp³-hybridized carbons (Fsp3) is 0.833. The minimum Gasteiger partial charge on any atom is -0.390 e. The van der Waals surface area contributed by atoms with E-state index in [0.717, 1.165) is 24.8 Å². The van der Waals surface area contributed by atoms with Crippen LogP contribution in [-0.2, 0) is 18.9 Å². The Kier molecular flexibility index (Phi) is 3.94. The van der Waals surface area contributed by atoms with E-state index in [1.807, 2.05) is 13.0 Å². The molecule has 9 atom stereocenters. The van der Waals surface area contributed by atoms with Gasteiger partial charge in [-0.25, -0.2) is 4.39 Å². The van der Waals surface area contributed by atoms with Crippen molar-refractivity contribution >= 4 is 0 Å². The van der Waals surface area contributed by atoms with Crippen LogP contribution in [0, 0.1) is 28.6 Å². The van der Waals surface area contributed by atoms with E-state index in [4.69, 9.17) is 18.9 Å². The summed E-state index contributed by atoms with van der Waals surface area (Å²) in [4.78, 5) is 0. The first-order chi connectivity index (χ1) is 14.3. The predicted octanol–water partition coefficient (Wildman–Crippen LogP) is 3.87. The molecule has 2 aliphatic heterocycles. The molecule has 0 radical (unpaired) electrons. The number of alkyl halides is 1. The van der Waals surface area contributed by atoms with E-state index >= 15 is 4.39 Å². The number of rotatable bonds is 0. The molecule has 166 valence electrons. The van der Waals surface area contributed by atoms with Crippen LogP contribution in [0.5, 0.6) is 0 Å². The maximum atomic E-state index is 17.3. The normalized spacial score (nSPS) is 59.3. The van der Waals surface area contributed by atoms with Gasteiger partial charge in [-0.1, -0.05) is 44.6 Å². The lowest BCUT2D eigenvalue weighted by molar-refractivity contribution is -0.279. The van der Waals surface area contributed by atoms with Gasteiger partial charge in [0, 0.05) is 16.7 Å². The summed E-state index contributed by atoms with van der Waals surface area (Å²) in [6.45, 7) is 7.02. The van der Waals surface area contributed by atoms with Crippen LogP contribution < -0.4 is 0 Å². The molecule has 1 N–H and O–H groups in total. The van der Waals surface area contributed by atoms with Gasteiger partial charge >= 0.3 is 0 Å². The van der Waals surface area contributed by atoms with E-state index in [9.17, 15) is 5.11 Å². The molecule has 30 heavy (non-hydrogen) atoms. The molecular formula is C24H33FO5. The van der Waals surface area contributed by atoms with E-state index < -0.39 is 34.0 Å². The molecule has 2 heterocycles. The Morgan fingerprint density at radius 1 is 1.13 bits per heavy atom. The van der Waals surface area contributed by atoms with Gasteiger partial charge in [-0.05, 0) is 43.9 Å². The van der Waals surface area contributed by atoms with Crippen LogP contribution >= 0.6 is 0 Å². The number of aliphatic hydroxyl groups excluding tert-OH is 1. The van der Waals surface area contributed by atoms with Crippen LogP contribution in [0.3, 0.4) is 0 Å². The Morgan fingerprint density at radius 3 is 2.70 bits per heavy atom. The van der Waals surface area contributed by atoms with Crippen LogP contribution in [0.15, 0.2) is 23.8 Å². The molecule has 1 unspecified atom stereocenters. The number of halogens is 1. The fourth-order valence-electron chi connectivity index (χ4n) is 8.92. The van der Waals surface area contributed by atoms with Gasteiger partial charge in [0.1, 0.15) is 17.9 Å². The van der Waals surface area contributed by atoms with Crippen molar-refractivity contribution in [2.24, 2.45) is 28.6 Å². The minimum absolute atomic E-state index is 0.0907. The largest absolute Gasteiger partial charge is 0.390 e. The molecule has 0 amide bonds. The van der Waals surface area contributed by atoms with Crippen molar-refractivity contribution < 1.29 is 28.4 Å². The summed E-state index contributed by atoms with van der Waals surface area (Å²) in [5, 5.41) is 11.5. The second kappa shape index (κ2) is 5.96. The molecule has 6 heteroatoms. The summed E-state index contributed by atoms with van der Waals surface area (Å²) in [6, 6.07) is 0. The Balaban J connectivity index is 1.48. The zero-order valence-electron chi connectivity index (χ0n) is 18.2. The van der Waals surface area contributed by atoms with Crippen LogP contribution in [0.25, 0.3) is 0 Å². The second-order valence-corrected chi connectivity index (χ2v) is 11.0. The lowest BCUT2D eigenvalue weighted by Gasteiger charge is -2.64. The number of hydrogen-bond acceptors (Lipinski definition) is 5. The molecule has 5 fully saturated rings. The van der Waals surface area contributed by atoms with Gasteiger partial charge in [-0.2, -0.15) is 0 Å². The van der Waals surface area contributed by atoms with Gasteiger partial charge in [0.15, 0.2) is 13.6 Å². The lowest BCUT2D eigenvalue weighted by Crippen LogP contribution is -2.71. The van der Waals surface area contributed by atoms with Gasteiger partial charge in [0.25, 0.3) is 0 Å². The first-order valence-corrected chi connectivity index (χ1v) is 11.5. The van der Waals surface area contributed by atoms with Crippen molar-refractivity contribution in [1.29, 1.82) is 0 Å². The van der Waals surface area contributed by atoms with E-state index in [1.165, 1.54) is 0 Å². The summed E-state index contributed by atoms with van der Waals surface area (Å²) >= 11 is 0. The Labute approximate surface area is 177 Å². The summed E-state index contributed by atoms with van der Waals surface area (Å²) in [5.74, 6) is -0.983. The zero-order valence-corrected chi connectivity index (χ0v) is 18.2. The fourth-order valence-corrected chi connectivity index (χ4v) is 8.92. The van der Waals surface area contributed by atoms with Crippen LogP contribution in [0.1, 0.15) is 52.9 Å². The summed E-state index contributed by atoms with van der Waals surface area (Å²) in [6.07, 6.45) is 8.60. The smallest absolute Gasteiger partial charge is 0.227 e. The number of ether oxygens (including phenoxy) is 4. The molecule has 0 aromatic carbocycles.